The maximum atomic E-state index is 14.3. The van der Waals surface area contributed by atoms with Gasteiger partial charge in [-0.15, -0.1) is 0 Å². The molecule has 9 heteroatoms. The maximum Gasteiger partial charge on any atom is 0.424 e. The first kappa shape index (κ1) is 19.8. The van der Waals surface area contributed by atoms with E-state index >= 15 is 0 Å². The Hall–Kier alpha value is -1.19. The summed E-state index contributed by atoms with van der Waals surface area (Å²) in [7, 11) is 0.914. The van der Waals surface area contributed by atoms with Crippen LogP contribution in [0.5, 0.6) is 0 Å². The Bertz CT molecular complexity index is 448. The van der Waals surface area contributed by atoms with E-state index in [-0.39, 0.29) is 0 Å². The Kier molecular flexibility index (Phi) is 5.93. The van der Waals surface area contributed by atoms with Crippen molar-refractivity contribution in [2.45, 2.75) is 38.1 Å². The van der Waals surface area contributed by atoms with Crippen LogP contribution < -0.4 is 11.1 Å². The third kappa shape index (κ3) is 3.92. The van der Waals surface area contributed by atoms with Crippen molar-refractivity contribution in [3.63, 3.8) is 0 Å². The van der Waals surface area contributed by atoms with Gasteiger partial charge in [-0.1, -0.05) is 0 Å². The van der Waals surface area contributed by atoms with E-state index in [4.69, 9.17) is 5.73 Å². The highest BCUT2D eigenvalue weighted by Gasteiger charge is 2.57. The zero-order chi connectivity index (χ0) is 17.2. The molecule has 0 spiro atoms. The Labute approximate surface area is 119 Å². The number of nitrogens with two attached hydrogens (primary N) is 1. The molecule has 0 fully saturated rings. The number of aliphatic hydroxyl groups is 2. The third-order valence-corrected chi connectivity index (χ3v) is 2.82. The van der Waals surface area contributed by atoms with Gasteiger partial charge in [0.25, 0.3) is 0 Å². The summed E-state index contributed by atoms with van der Waals surface area (Å²) in [5.41, 5.74) is -3.31. The van der Waals surface area contributed by atoms with Gasteiger partial charge in [0.2, 0.25) is 5.60 Å². The van der Waals surface area contributed by atoms with Gasteiger partial charge in [0.05, 0.1) is 16.9 Å². The Balaban J connectivity index is 6.44. The van der Waals surface area contributed by atoms with E-state index < -0.39 is 46.8 Å². The maximum absolute atomic E-state index is 14.3. The standard InChI is InChI=1S/C12H19F5N2O2/c1-6(13)7(10(2,3)20)8(14)9(19-4)11(21,5-18)12(15,16)17/h19-21H,5,18H2,1-4H3/b7-6-,9-8+. The summed E-state index contributed by atoms with van der Waals surface area (Å²) < 4.78 is 66.5. The highest BCUT2D eigenvalue weighted by atomic mass is 19.4. The van der Waals surface area contributed by atoms with Crippen molar-refractivity contribution in [1.29, 1.82) is 0 Å². The predicted octanol–water partition coefficient (Wildman–Crippen LogP) is 1.65. The number of allylic oxidation sites excluding steroid dienone is 1. The van der Waals surface area contributed by atoms with E-state index in [0.717, 1.165) is 27.8 Å². The Morgan fingerprint density at radius 1 is 1.14 bits per heavy atom. The van der Waals surface area contributed by atoms with E-state index in [2.05, 4.69) is 0 Å². The van der Waals surface area contributed by atoms with Crippen LogP contribution in [0.3, 0.4) is 0 Å². The summed E-state index contributed by atoms with van der Waals surface area (Å²) in [5.74, 6) is -2.98. The average Bonchev–Trinajstić information content (AvgIpc) is 2.25. The molecule has 0 aromatic heterocycles. The highest BCUT2D eigenvalue weighted by molar-refractivity contribution is 5.40. The van der Waals surface area contributed by atoms with E-state index in [1.165, 1.54) is 0 Å². The van der Waals surface area contributed by atoms with Gasteiger partial charge in [-0.3, -0.25) is 0 Å². The minimum Gasteiger partial charge on any atom is -0.386 e. The van der Waals surface area contributed by atoms with Crippen LogP contribution in [0.2, 0.25) is 0 Å². The van der Waals surface area contributed by atoms with Crippen molar-refractivity contribution >= 4 is 0 Å². The number of halogens is 5. The minimum atomic E-state index is -5.30. The first-order chi connectivity index (χ1) is 9.24. The normalized spacial score (nSPS) is 18.7. The van der Waals surface area contributed by atoms with E-state index in [0.29, 0.717) is 0 Å². The molecule has 124 valence electrons. The number of nitrogens with one attached hydrogen (secondary N) is 1. The molecule has 0 aromatic carbocycles. The molecule has 0 bridgehead atoms. The molecule has 0 aliphatic heterocycles. The van der Waals surface area contributed by atoms with E-state index in [1.807, 2.05) is 5.32 Å². The van der Waals surface area contributed by atoms with Crippen molar-refractivity contribution in [1.82, 2.24) is 5.32 Å². The second kappa shape index (κ2) is 6.29. The molecule has 21 heavy (non-hydrogen) atoms. The van der Waals surface area contributed by atoms with Gasteiger partial charge in [0, 0.05) is 13.6 Å². The number of rotatable bonds is 5. The SMILES string of the molecule is CN/C(=C(F)\C(=C(/C)F)C(C)(C)O)C(O)(CN)C(F)(F)F. The van der Waals surface area contributed by atoms with Crippen LogP contribution in [-0.4, -0.2) is 41.2 Å². The number of hydrogen-bond donors (Lipinski definition) is 4. The summed E-state index contributed by atoms with van der Waals surface area (Å²) in [4.78, 5) is 0. The molecule has 0 saturated heterocycles. The lowest BCUT2D eigenvalue weighted by atomic mass is 9.90. The van der Waals surface area contributed by atoms with Crippen LogP contribution in [0.1, 0.15) is 20.8 Å². The quantitative estimate of drug-likeness (QED) is 0.459. The van der Waals surface area contributed by atoms with Gasteiger partial charge in [-0.25, -0.2) is 8.78 Å². The van der Waals surface area contributed by atoms with Crippen molar-refractivity contribution in [3.05, 3.63) is 22.9 Å². The fourth-order valence-electron chi connectivity index (χ4n) is 1.82. The fraction of sp³-hybridized carbons (Fsp3) is 0.667. The molecule has 0 heterocycles. The number of hydrogen-bond acceptors (Lipinski definition) is 4. The summed E-state index contributed by atoms with van der Waals surface area (Å²) >= 11 is 0. The molecule has 0 amide bonds. The second-order valence-corrected chi connectivity index (χ2v) is 4.97. The van der Waals surface area contributed by atoms with Gasteiger partial charge in [0.1, 0.15) is 5.83 Å². The van der Waals surface area contributed by atoms with Crippen LogP contribution >= 0.6 is 0 Å². The topological polar surface area (TPSA) is 78.5 Å². The summed E-state index contributed by atoms with van der Waals surface area (Å²) in [6.45, 7) is 1.38. The van der Waals surface area contributed by atoms with Gasteiger partial charge >= 0.3 is 6.18 Å². The molecule has 5 N–H and O–H groups in total. The van der Waals surface area contributed by atoms with Gasteiger partial charge in [0.15, 0.2) is 5.83 Å². The van der Waals surface area contributed by atoms with Crippen LogP contribution in [0.15, 0.2) is 22.9 Å². The first-order valence-corrected chi connectivity index (χ1v) is 5.90. The Morgan fingerprint density at radius 2 is 1.57 bits per heavy atom. The molecule has 0 aromatic rings. The zero-order valence-corrected chi connectivity index (χ0v) is 12.1. The molecular weight excluding hydrogens is 299 g/mol. The molecule has 0 radical (unpaired) electrons. The molecule has 0 aliphatic rings. The van der Waals surface area contributed by atoms with Crippen LogP contribution in [0.25, 0.3) is 0 Å². The molecule has 1 unspecified atom stereocenters. The van der Waals surface area contributed by atoms with Crippen molar-refractivity contribution in [3.8, 4) is 0 Å². The molecule has 0 aliphatic carbocycles. The molecular formula is C12H19F5N2O2. The fourth-order valence-corrected chi connectivity index (χ4v) is 1.82. The largest absolute Gasteiger partial charge is 0.424 e. The van der Waals surface area contributed by atoms with Crippen molar-refractivity contribution < 1.29 is 32.2 Å². The lowest BCUT2D eigenvalue weighted by Crippen LogP contribution is -2.56. The molecule has 0 saturated carbocycles. The molecule has 0 rings (SSSR count). The lowest BCUT2D eigenvalue weighted by molar-refractivity contribution is -0.242. The van der Waals surface area contributed by atoms with Crippen LogP contribution in [0, 0.1) is 0 Å². The first-order valence-electron chi connectivity index (χ1n) is 5.90. The van der Waals surface area contributed by atoms with Gasteiger partial charge in [-0.2, -0.15) is 13.2 Å². The Morgan fingerprint density at radius 3 is 1.76 bits per heavy atom. The van der Waals surface area contributed by atoms with Crippen LogP contribution in [-0.2, 0) is 0 Å². The van der Waals surface area contributed by atoms with Crippen molar-refractivity contribution in [2.24, 2.45) is 5.73 Å². The monoisotopic (exact) mass is 318 g/mol. The predicted molar refractivity (Wildman–Crippen MR) is 67.4 cm³/mol. The summed E-state index contributed by atoms with van der Waals surface area (Å²) in [6.07, 6.45) is -5.30. The van der Waals surface area contributed by atoms with Gasteiger partial charge < -0.3 is 21.3 Å². The molecule has 4 nitrogen and oxygen atoms in total. The summed E-state index contributed by atoms with van der Waals surface area (Å²) in [5, 5.41) is 21.2. The minimum absolute atomic E-state index is 0.773. The van der Waals surface area contributed by atoms with Crippen molar-refractivity contribution in [2.75, 3.05) is 13.6 Å². The zero-order valence-electron chi connectivity index (χ0n) is 12.1. The van der Waals surface area contributed by atoms with E-state index in [9.17, 15) is 32.2 Å². The smallest absolute Gasteiger partial charge is 0.386 e. The lowest BCUT2D eigenvalue weighted by Gasteiger charge is -2.33. The molecule has 1 atom stereocenters. The van der Waals surface area contributed by atoms with Crippen LogP contribution in [0.4, 0.5) is 22.0 Å². The second-order valence-electron chi connectivity index (χ2n) is 4.97. The summed E-state index contributed by atoms with van der Waals surface area (Å²) in [6, 6.07) is 0. The van der Waals surface area contributed by atoms with E-state index in [1.54, 1.807) is 0 Å². The average molecular weight is 318 g/mol. The van der Waals surface area contributed by atoms with Gasteiger partial charge in [-0.05, 0) is 20.8 Å². The highest BCUT2D eigenvalue weighted by Crippen LogP contribution is 2.39. The number of likely N-dealkylation sites (N-methyl/N-ethyl adjacent to an activating group) is 1. The third-order valence-electron chi connectivity index (χ3n) is 2.82. The number of alkyl halides is 3.